The number of carbonyl (C=O) groups is 1. The van der Waals surface area contributed by atoms with Gasteiger partial charge in [-0.3, -0.25) is 4.79 Å². The number of carboxylic acid groups (broad SMARTS) is 1. The van der Waals surface area contributed by atoms with Crippen LogP contribution in [0, 0.1) is 0 Å². The van der Waals surface area contributed by atoms with Gasteiger partial charge in [0.15, 0.2) is 0 Å². The summed E-state index contributed by atoms with van der Waals surface area (Å²) in [6.07, 6.45) is 18.4. The van der Waals surface area contributed by atoms with Gasteiger partial charge in [0.25, 0.3) is 0 Å². The lowest BCUT2D eigenvalue weighted by Crippen LogP contribution is -1.93. The maximum atomic E-state index is 10.3. The van der Waals surface area contributed by atoms with Crippen molar-refractivity contribution in [2.75, 3.05) is 4.43 Å². The number of alkyl halides is 1. The van der Waals surface area contributed by atoms with Crippen molar-refractivity contribution >= 4 is 28.6 Å². The molecule has 0 aliphatic rings. The Hall–Kier alpha value is -0.0600. The molecule has 0 aromatic carbocycles. The van der Waals surface area contributed by atoms with Gasteiger partial charge in [-0.2, -0.15) is 0 Å². The molecule has 0 heterocycles. The molecule has 0 amide bonds. The molecule has 0 rings (SSSR count). The van der Waals surface area contributed by atoms with Crippen molar-refractivity contribution < 1.29 is 9.90 Å². The summed E-state index contributed by atoms with van der Waals surface area (Å²) >= 11 is 2.44. The Labute approximate surface area is 132 Å². The molecule has 0 saturated heterocycles. The predicted molar refractivity (Wildman–Crippen MR) is 91.1 cm³/mol. The van der Waals surface area contributed by atoms with Gasteiger partial charge in [0.05, 0.1) is 0 Å². The summed E-state index contributed by atoms with van der Waals surface area (Å²) in [5.41, 5.74) is 0. The number of unbranched alkanes of at least 4 members (excludes halogenated alkanes) is 9. The third-order valence-electron chi connectivity index (χ3n) is 3.18. The number of rotatable bonds is 14. The third kappa shape index (κ3) is 17.9. The molecule has 0 aliphatic carbocycles. The van der Waals surface area contributed by atoms with Crippen molar-refractivity contribution in [1.29, 1.82) is 0 Å². The molecule has 0 aromatic heterocycles. The average Bonchev–Trinajstić information content (AvgIpc) is 2.39. The highest BCUT2D eigenvalue weighted by Crippen LogP contribution is 2.09. The van der Waals surface area contributed by atoms with Crippen LogP contribution in [-0.2, 0) is 4.79 Å². The number of hydrogen-bond acceptors (Lipinski definition) is 1. The second kappa shape index (κ2) is 16.0. The monoisotopic (exact) mass is 380 g/mol. The molecule has 112 valence electrons. The van der Waals surface area contributed by atoms with Crippen molar-refractivity contribution in [3.8, 4) is 0 Å². The van der Waals surface area contributed by atoms with Crippen LogP contribution in [0.25, 0.3) is 0 Å². The Morgan fingerprint density at radius 1 is 0.789 bits per heavy atom. The molecule has 0 fully saturated rings. The fraction of sp³-hybridized carbons (Fsp3) is 0.812. The molecular formula is C16H29IO2. The predicted octanol–water partition coefficient (Wildman–Crippen LogP) is 5.74. The average molecular weight is 380 g/mol. The molecule has 19 heavy (non-hydrogen) atoms. The lowest BCUT2D eigenvalue weighted by atomic mass is 10.1. The van der Waals surface area contributed by atoms with E-state index in [1.807, 2.05) is 0 Å². The van der Waals surface area contributed by atoms with Gasteiger partial charge in [-0.1, -0.05) is 66.8 Å². The second-order valence-corrected chi connectivity index (χ2v) is 6.14. The van der Waals surface area contributed by atoms with Crippen molar-refractivity contribution in [2.45, 2.75) is 77.0 Å². The van der Waals surface area contributed by atoms with Gasteiger partial charge in [-0.15, -0.1) is 0 Å². The molecule has 0 spiro atoms. The van der Waals surface area contributed by atoms with E-state index < -0.39 is 5.97 Å². The van der Waals surface area contributed by atoms with Crippen LogP contribution in [0.5, 0.6) is 0 Å². The highest BCUT2D eigenvalue weighted by atomic mass is 127. The molecule has 0 atom stereocenters. The Kier molecular flexibility index (Phi) is 15.9. The zero-order chi connectivity index (χ0) is 14.2. The van der Waals surface area contributed by atoms with E-state index in [1.54, 1.807) is 0 Å². The van der Waals surface area contributed by atoms with Crippen molar-refractivity contribution in [3.05, 3.63) is 12.2 Å². The number of carboxylic acids is 1. The van der Waals surface area contributed by atoms with Gasteiger partial charge in [0, 0.05) is 6.42 Å². The molecule has 1 N–H and O–H groups in total. The number of aliphatic carboxylic acids is 1. The minimum atomic E-state index is -0.665. The summed E-state index contributed by atoms with van der Waals surface area (Å²) in [6.45, 7) is 0. The van der Waals surface area contributed by atoms with Crippen LogP contribution in [0.1, 0.15) is 77.0 Å². The van der Waals surface area contributed by atoms with Gasteiger partial charge in [0.2, 0.25) is 0 Å². The van der Waals surface area contributed by atoms with E-state index in [0.29, 0.717) is 6.42 Å². The minimum Gasteiger partial charge on any atom is -0.481 e. The highest BCUT2D eigenvalue weighted by Gasteiger charge is 1.95. The Morgan fingerprint density at radius 3 is 1.79 bits per heavy atom. The SMILES string of the molecule is O=C(O)CCCCCCCC=CCCCCCCI. The van der Waals surface area contributed by atoms with Crippen LogP contribution in [0.15, 0.2) is 12.2 Å². The Balaban J connectivity index is 3.06. The Morgan fingerprint density at radius 2 is 1.26 bits per heavy atom. The summed E-state index contributed by atoms with van der Waals surface area (Å²) in [5.74, 6) is -0.665. The molecule has 0 aromatic rings. The first-order valence-electron chi connectivity index (χ1n) is 7.70. The summed E-state index contributed by atoms with van der Waals surface area (Å²) < 4.78 is 1.29. The summed E-state index contributed by atoms with van der Waals surface area (Å²) in [5, 5.41) is 8.50. The molecule has 0 bridgehead atoms. The number of halogens is 1. The van der Waals surface area contributed by atoms with Gasteiger partial charge >= 0.3 is 5.97 Å². The first kappa shape index (κ1) is 18.9. The van der Waals surface area contributed by atoms with Crippen molar-refractivity contribution in [3.63, 3.8) is 0 Å². The van der Waals surface area contributed by atoms with E-state index in [0.717, 1.165) is 12.8 Å². The molecule has 0 aliphatic heterocycles. The van der Waals surface area contributed by atoms with Gasteiger partial charge in [0.1, 0.15) is 0 Å². The molecule has 0 radical (unpaired) electrons. The number of hydrogen-bond donors (Lipinski definition) is 1. The molecule has 0 unspecified atom stereocenters. The van der Waals surface area contributed by atoms with E-state index in [4.69, 9.17) is 5.11 Å². The van der Waals surface area contributed by atoms with Gasteiger partial charge < -0.3 is 5.11 Å². The summed E-state index contributed by atoms with van der Waals surface area (Å²) in [6, 6.07) is 0. The van der Waals surface area contributed by atoms with E-state index in [2.05, 4.69) is 34.7 Å². The highest BCUT2D eigenvalue weighted by molar-refractivity contribution is 14.1. The van der Waals surface area contributed by atoms with Gasteiger partial charge in [-0.25, -0.2) is 0 Å². The standard InChI is InChI=1S/C16H29IO2/c17-15-13-11-9-7-5-3-1-2-4-6-8-10-12-14-16(18)19/h1,3H,2,4-15H2,(H,18,19). The lowest BCUT2D eigenvalue weighted by Gasteiger charge is -1.98. The van der Waals surface area contributed by atoms with Crippen LogP contribution in [0.2, 0.25) is 0 Å². The molecule has 3 heteroatoms. The maximum Gasteiger partial charge on any atom is 0.303 e. The van der Waals surface area contributed by atoms with Crippen LogP contribution in [0.3, 0.4) is 0 Å². The second-order valence-electron chi connectivity index (χ2n) is 5.06. The van der Waals surface area contributed by atoms with Crippen LogP contribution < -0.4 is 0 Å². The summed E-state index contributed by atoms with van der Waals surface area (Å²) in [7, 11) is 0. The maximum absolute atomic E-state index is 10.3. The van der Waals surface area contributed by atoms with Gasteiger partial charge in [-0.05, 0) is 43.0 Å². The minimum absolute atomic E-state index is 0.331. The molecular weight excluding hydrogens is 351 g/mol. The van der Waals surface area contributed by atoms with E-state index in [9.17, 15) is 4.79 Å². The quantitative estimate of drug-likeness (QED) is 0.180. The van der Waals surface area contributed by atoms with Crippen LogP contribution >= 0.6 is 22.6 Å². The summed E-state index contributed by atoms with van der Waals surface area (Å²) in [4.78, 5) is 10.3. The zero-order valence-electron chi connectivity index (χ0n) is 12.1. The van der Waals surface area contributed by atoms with Crippen LogP contribution in [0.4, 0.5) is 0 Å². The molecule has 2 nitrogen and oxygen atoms in total. The Bertz CT molecular complexity index is 227. The normalized spacial score (nSPS) is 11.2. The van der Waals surface area contributed by atoms with E-state index in [-0.39, 0.29) is 0 Å². The third-order valence-corrected chi connectivity index (χ3v) is 3.95. The first-order valence-corrected chi connectivity index (χ1v) is 9.22. The fourth-order valence-corrected chi connectivity index (χ4v) is 2.55. The lowest BCUT2D eigenvalue weighted by molar-refractivity contribution is -0.137. The first-order chi connectivity index (χ1) is 9.27. The largest absolute Gasteiger partial charge is 0.481 e. The van der Waals surface area contributed by atoms with Crippen LogP contribution in [-0.4, -0.2) is 15.5 Å². The number of allylic oxidation sites excluding steroid dienone is 2. The van der Waals surface area contributed by atoms with E-state index >= 15 is 0 Å². The fourth-order valence-electron chi connectivity index (χ4n) is 2.01. The van der Waals surface area contributed by atoms with E-state index in [1.165, 1.54) is 62.2 Å². The smallest absolute Gasteiger partial charge is 0.303 e. The van der Waals surface area contributed by atoms with Crippen molar-refractivity contribution in [2.24, 2.45) is 0 Å². The molecule has 0 saturated carbocycles. The topological polar surface area (TPSA) is 37.3 Å². The zero-order valence-corrected chi connectivity index (χ0v) is 14.2. The van der Waals surface area contributed by atoms with Crippen molar-refractivity contribution in [1.82, 2.24) is 0 Å².